The Balaban J connectivity index is 1.38. The standard InChI is InChI=1S/C23H28N2O4S2/c26-23-25(17-18-8-3-1-4-9-18)21-13-12-20(16-22(21)30-23)31(27,28)24-14-7-15-29-19-10-5-2-6-11-19/h1,3-4,8-9,12-13,16,19,24H,2,5-7,10-11,14-15,17H2. The molecule has 0 aliphatic heterocycles. The molecule has 0 bridgehead atoms. The van der Waals surface area contributed by atoms with Crippen LogP contribution >= 0.6 is 11.3 Å². The molecule has 8 heteroatoms. The lowest BCUT2D eigenvalue weighted by atomic mass is 9.98. The molecule has 0 spiro atoms. The van der Waals surface area contributed by atoms with Crippen LogP contribution in [0.25, 0.3) is 10.2 Å². The molecule has 1 aliphatic rings. The molecule has 2 aromatic carbocycles. The normalized spacial score (nSPS) is 15.5. The second-order valence-electron chi connectivity index (χ2n) is 7.95. The molecule has 3 aromatic rings. The Kier molecular flexibility index (Phi) is 7.22. The van der Waals surface area contributed by atoms with E-state index < -0.39 is 10.0 Å². The number of nitrogens with one attached hydrogen (secondary N) is 1. The van der Waals surface area contributed by atoms with Crippen molar-refractivity contribution in [3.8, 4) is 0 Å². The summed E-state index contributed by atoms with van der Waals surface area (Å²) in [5.74, 6) is 0. The quantitative estimate of drug-likeness (QED) is 0.487. The molecule has 1 fully saturated rings. The Bertz CT molecular complexity index is 1160. The molecule has 31 heavy (non-hydrogen) atoms. The first-order chi connectivity index (χ1) is 15.0. The second-order valence-corrected chi connectivity index (χ2v) is 10.7. The van der Waals surface area contributed by atoms with Crippen molar-refractivity contribution in [2.45, 2.75) is 56.1 Å². The molecule has 1 heterocycles. The zero-order valence-corrected chi connectivity index (χ0v) is 19.1. The highest BCUT2D eigenvalue weighted by molar-refractivity contribution is 7.89. The number of thiazole rings is 1. The van der Waals surface area contributed by atoms with Crippen molar-refractivity contribution in [1.29, 1.82) is 0 Å². The highest BCUT2D eigenvalue weighted by Gasteiger charge is 2.17. The van der Waals surface area contributed by atoms with Gasteiger partial charge in [-0.05, 0) is 43.0 Å². The van der Waals surface area contributed by atoms with Crippen LogP contribution in [0.4, 0.5) is 0 Å². The number of aromatic nitrogens is 1. The van der Waals surface area contributed by atoms with E-state index in [9.17, 15) is 13.2 Å². The number of nitrogens with zero attached hydrogens (tertiary/aromatic N) is 1. The van der Waals surface area contributed by atoms with E-state index in [4.69, 9.17) is 4.74 Å². The fourth-order valence-electron chi connectivity index (χ4n) is 3.97. The average molecular weight is 461 g/mol. The van der Waals surface area contributed by atoms with Crippen LogP contribution in [-0.4, -0.2) is 32.2 Å². The average Bonchev–Trinajstić information content (AvgIpc) is 3.09. The van der Waals surface area contributed by atoms with Crippen molar-refractivity contribution in [1.82, 2.24) is 9.29 Å². The fraction of sp³-hybridized carbons (Fsp3) is 0.435. The summed E-state index contributed by atoms with van der Waals surface area (Å²) in [6, 6.07) is 14.6. The second kappa shape index (κ2) is 10.1. The van der Waals surface area contributed by atoms with Crippen LogP contribution in [0.1, 0.15) is 44.1 Å². The van der Waals surface area contributed by atoms with Crippen LogP contribution < -0.4 is 9.60 Å². The van der Waals surface area contributed by atoms with Gasteiger partial charge in [0.1, 0.15) is 0 Å². The Labute approximate surface area is 186 Å². The third-order valence-corrected chi connectivity index (χ3v) is 8.05. The monoisotopic (exact) mass is 460 g/mol. The molecule has 1 saturated carbocycles. The maximum Gasteiger partial charge on any atom is 0.308 e. The van der Waals surface area contributed by atoms with E-state index in [0.717, 1.165) is 35.3 Å². The van der Waals surface area contributed by atoms with E-state index in [1.807, 2.05) is 30.3 Å². The third kappa shape index (κ3) is 5.63. The van der Waals surface area contributed by atoms with Crippen molar-refractivity contribution in [3.05, 3.63) is 63.8 Å². The maximum absolute atomic E-state index is 12.7. The predicted molar refractivity (Wildman–Crippen MR) is 124 cm³/mol. The molecule has 0 amide bonds. The molecule has 1 aliphatic carbocycles. The summed E-state index contributed by atoms with van der Waals surface area (Å²) in [5, 5.41) is 0. The number of hydrogen-bond donors (Lipinski definition) is 1. The largest absolute Gasteiger partial charge is 0.378 e. The zero-order valence-electron chi connectivity index (χ0n) is 17.5. The molecule has 0 unspecified atom stereocenters. The van der Waals surface area contributed by atoms with Crippen LogP contribution in [0.3, 0.4) is 0 Å². The molecular weight excluding hydrogens is 432 g/mol. The van der Waals surface area contributed by atoms with Gasteiger partial charge in [-0.15, -0.1) is 0 Å². The van der Waals surface area contributed by atoms with Crippen LogP contribution in [0, 0.1) is 0 Å². The number of hydrogen-bond acceptors (Lipinski definition) is 5. The fourth-order valence-corrected chi connectivity index (χ4v) is 6.08. The molecular formula is C23H28N2O4S2. The van der Waals surface area contributed by atoms with Crippen LogP contribution in [0.2, 0.25) is 0 Å². The summed E-state index contributed by atoms with van der Waals surface area (Å²) in [4.78, 5) is 12.6. The van der Waals surface area contributed by atoms with Gasteiger partial charge < -0.3 is 4.74 Å². The van der Waals surface area contributed by atoms with Crippen LogP contribution in [0.15, 0.2) is 58.2 Å². The Morgan fingerprint density at radius 2 is 1.84 bits per heavy atom. The summed E-state index contributed by atoms with van der Waals surface area (Å²) in [7, 11) is -3.63. The van der Waals surface area contributed by atoms with Gasteiger partial charge in [0.2, 0.25) is 10.0 Å². The first-order valence-corrected chi connectivity index (χ1v) is 13.1. The molecule has 0 radical (unpaired) electrons. The summed E-state index contributed by atoms with van der Waals surface area (Å²) in [6.45, 7) is 1.36. The summed E-state index contributed by atoms with van der Waals surface area (Å²) >= 11 is 1.07. The summed E-state index contributed by atoms with van der Waals surface area (Å²) in [5.41, 5.74) is 1.77. The SMILES string of the molecule is O=c1sc2cc(S(=O)(=O)NCCCOC3CCCCC3)ccc2n1Cc1ccccc1. The predicted octanol–water partition coefficient (Wildman–Crippen LogP) is 4.13. The Hall–Kier alpha value is -2.00. The minimum absolute atomic E-state index is 0.0961. The van der Waals surface area contributed by atoms with Crippen LogP contribution in [-0.2, 0) is 21.3 Å². The van der Waals surface area contributed by atoms with Gasteiger partial charge in [0, 0.05) is 13.2 Å². The van der Waals surface area contributed by atoms with Gasteiger partial charge in [-0.3, -0.25) is 9.36 Å². The van der Waals surface area contributed by atoms with Crippen molar-refractivity contribution >= 4 is 31.6 Å². The highest BCUT2D eigenvalue weighted by atomic mass is 32.2. The Morgan fingerprint density at radius 1 is 1.06 bits per heavy atom. The molecule has 166 valence electrons. The van der Waals surface area contributed by atoms with E-state index >= 15 is 0 Å². The summed E-state index contributed by atoms with van der Waals surface area (Å²) < 4.78 is 36.2. The number of ether oxygens (including phenoxy) is 1. The van der Waals surface area contributed by atoms with E-state index in [-0.39, 0.29) is 9.77 Å². The lowest BCUT2D eigenvalue weighted by Crippen LogP contribution is -2.26. The van der Waals surface area contributed by atoms with Gasteiger partial charge in [0.25, 0.3) is 0 Å². The molecule has 0 saturated heterocycles. The van der Waals surface area contributed by atoms with Crippen molar-refractivity contribution in [3.63, 3.8) is 0 Å². The Morgan fingerprint density at radius 3 is 2.61 bits per heavy atom. The number of fused-ring (bicyclic) bond motifs is 1. The van der Waals surface area contributed by atoms with E-state index in [2.05, 4.69) is 4.72 Å². The molecule has 6 nitrogen and oxygen atoms in total. The van der Waals surface area contributed by atoms with E-state index in [1.165, 1.54) is 19.3 Å². The van der Waals surface area contributed by atoms with Gasteiger partial charge in [0.05, 0.1) is 27.8 Å². The number of sulfonamides is 1. The van der Waals surface area contributed by atoms with E-state index in [1.54, 1.807) is 22.8 Å². The van der Waals surface area contributed by atoms with Crippen molar-refractivity contribution < 1.29 is 13.2 Å². The molecule has 4 rings (SSSR count). The van der Waals surface area contributed by atoms with E-state index in [0.29, 0.717) is 36.9 Å². The minimum Gasteiger partial charge on any atom is -0.378 e. The van der Waals surface area contributed by atoms with Crippen molar-refractivity contribution in [2.75, 3.05) is 13.2 Å². The van der Waals surface area contributed by atoms with Crippen molar-refractivity contribution in [2.24, 2.45) is 0 Å². The number of rotatable bonds is 9. The molecule has 1 aromatic heterocycles. The maximum atomic E-state index is 12.7. The lowest BCUT2D eigenvalue weighted by molar-refractivity contribution is 0.0278. The van der Waals surface area contributed by atoms with Gasteiger partial charge in [-0.25, -0.2) is 13.1 Å². The summed E-state index contributed by atoms with van der Waals surface area (Å²) in [6.07, 6.45) is 6.91. The topological polar surface area (TPSA) is 77.4 Å². The van der Waals surface area contributed by atoms with Gasteiger partial charge in [0.15, 0.2) is 0 Å². The smallest absolute Gasteiger partial charge is 0.308 e. The van der Waals surface area contributed by atoms with Gasteiger partial charge in [-0.2, -0.15) is 0 Å². The number of benzene rings is 2. The van der Waals surface area contributed by atoms with Gasteiger partial charge >= 0.3 is 4.87 Å². The lowest BCUT2D eigenvalue weighted by Gasteiger charge is -2.21. The third-order valence-electron chi connectivity index (χ3n) is 5.65. The zero-order chi connectivity index (χ0) is 21.7. The first kappa shape index (κ1) is 22.2. The first-order valence-electron chi connectivity index (χ1n) is 10.8. The van der Waals surface area contributed by atoms with Gasteiger partial charge in [-0.1, -0.05) is 60.9 Å². The highest BCUT2D eigenvalue weighted by Crippen LogP contribution is 2.23. The minimum atomic E-state index is -3.63. The molecule has 1 N–H and O–H groups in total. The van der Waals surface area contributed by atoms with Crippen LogP contribution in [0.5, 0.6) is 0 Å². The molecule has 0 atom stereocenters.